The predicted molar refractivity (Wildman–Crippen MR) is 141 cm³/mol. The smallest absolute Gasteiger partial charge is 0.272 e. The minimum Gasteiger partial charge on any atom is -0.339 e. The van der Waals surface area contributed by atoms with E-state index in [1.807, 2.05) is 68.4 Å². The highest BCUT2D eigenvalue weighted by Gasteiger charge is 2.32. The van der Waals surface area contributed by atoms with Gasteiger partial charge < -0.3 is 10.6 Å². The van der Waals surface area contributed by atoms with Gasteiger partial charge in [0.25, 0.3) is 5.91 Å². The number of hydrogen-bond acceptors (Lipinski definition) is 5. The molecule has 2 aromatic carbocycles. The molecule has 3 N–H and O–H groups in total. The molecule has 9 heteroatoms. The summed E-state index contributed by atoms with van der Waals surface area (Å²) in [5.74, 6) is -0.530. The van der Waals surface area contributed by atoms with E-state index >= 15 is 0 Å². The molecule has 37 heavy (non-hydrogen) atoms. The predicted octanol–water partition coefficient (Wildman–Crippen LogP) is 4.59. The molecule has 5 rings (SSSR count). The summed E-state index contributed by atoms with van der Waals surface area (Å²) < 4.78 is 1.49. The van der Waals surface area contributed by atoms with Gasteiger partial charge in [-0.15, -0.1) is 5.10 Å². The molecule has 2 aromatic heterocycles. The largest absolute Gasteiger partial charge is 0.339 e. The molecule has 2 amide bonds. The molecule has 1 aliphatic carbocycles. The molecule has 190 valence electrons. The van der Waals surface area contributed by atoms with E-state index in [4.69, 9.17) is 0 Å². The van der Waals surface area contributed by atoms with Gasteiger partial charge in [-0.05, 0) is 62.4 Å². The van der Waals surface area contributed by atoms with E-state index in [9.17, 15) is 9.59 Å². The molecule has 0 aliphatic heterocycles. The molecule has 0 bridgehead atoms. The average Bonchev–Trinajstić information content (AvgIpc) is 3.55. The Kier molecular flexibility index (Phi) is 7.11. The Morgan fingerprint density at radius 2 is 1.73 bits per heavy atom. The number of aromatic amines is 1. The second kappa shape index (κ2) is 10.8. The number of aromatic nitrogens is 5. The third-order valence-corrected chi connectivity index (χ3v) is 7.04. The number of aryl methyl sites for hydroxylation is 2. The van der Waals surface area contributed by atoms with Crippen LogP contribution in [0, 0.1) is 19.8 Å². The van der Waals surface area contributed by atoms with Crippen LogP contribution in [0.4, 0.5) is 5.69 Å². The fourth-order valence-electron chi connectivity index (χ4n) is 5.15. The summed E-state index contributed by atoms with van der Waals surface area (Å²) in [7, 11) is 0. The van der Waals surface area contributed by atoms with Crippen molar-refractivity contribution < 1.29 is 9.59 Å². The van der Waals surface area contributed by atoms with Crippen LogP contribution in [0.1, 0.15) is 54.0 Å². The van der Waals surface area contributed by atoms with E-state index < -0.39 is 6.04 Å². The highest BCUT2D eigenvalue weighted by atomic mass is 16.2. The topological polar surface area (TPSA) is 118 Å². The first-order chi connectivity index (χ1) is 18.0. The van der Waals surface area contributed by atoms with Gasteiger partial charge in [-0.25, -0.2) is 4.68 Å². The Bertz CT molecular complexity index is 1350. The number of rotatable bonds is 7. The van der Waals surface area contributed by atoms with Crippen LogP contribution in [0.2, 0.25) is 0 Å². The number of H-pyrrole nitrogens is 1. The van der Waals surface area contributed by atoms with Crippen LogP contribution >= 0.6 is 0 Å². The number of nitrogens with zero attached hydrogens (tertiary/aromatic N) is 4. The maximum atomic E-state index is 13.5. The molecular weight excluding hydrogens is 466 g/mol. The van der Waals surface area contributed by atoms with Gasteiger partial charge in [-0.1, -0.05) is 54.8 Å². The molecule has 9 nitrogen and oxygen atoms in total. The Morgan fingerprint density at radius 3 is 2.41 bits per heavy atom. The summed E-state index contributed by atoms with van der Waals surface area (Å²) in [6.07, 6.45) is 6.46. The number of carbonyl (C=O) groups is 2. The quantitative estimate of drug-likeness (QED) is 0.345. The first-order valence-electron chi connectivity index (χ1n) is 12.7. The van der Waals surface area contributed by atoms with Gasteiger partial charge in [0.1, 0.15) is 6.04 Å². The average molecular weight is 498 g/mol. The van der Waals surface area contributed by atoms with Crippen LogP contribution in [-0.4, -0.2) is 43.0 Å². The summed E-state index contributed by atoms with van der Waals surface area (Å²) in [5.41, 5.74) is 5.72. The van der Waals surface area contributed by atoms with Crippen molar-refractivity contribution in [3.63, 3.8) is 0 Å². The van der Waals surface area contributed by atoms with E-state index in [1.54, 1.807) is 0 Å². The molecule has 0 radical (unpaired) electrons. The SMILES string of the molecule is Cc1n[nH]c(C)c1-c1ccc(NC(=O)[C@@H](NC(=O)c2cnnn2-c2ccccc2)C2CCCCC2)cc1. The third kappa shape index (κ3) is 5.30. The standard InChI is InChI=1S/C28H31N7O2/c1-18-25(19(2)33-32-18)20-13-15-22(16-14-20)30-28(37)26(21-9-5-3-6-10-21)31-27(36)24-17-29-34-35(24)23-11-7-4-8-12-23/h4,7-8,11-17,21,26H,3,5-6,9-10H2,1-2H3,(H,30,37)(H,31,36)(H,32,33)/t26-/m0/s1. The number of nitrogens with one attached hydrogen (secondary N) is 3. The number of carbonyl (C=O) groups excluding carboxylic acids is 2. The van der Waals surface area contributed by atoms with Crippen LogP contribution in [0.5, 0.6) is 0 Å². The van der Waals surface area contributed by atoms with Gasteiger partial charge in [0, 0.05) is 16.9 Å². The van der Waals surface area contributed by atoms with Crippen molar-refractivity contribution in [3.8, 4) is 16.8 Å². The van der Waals surface area contributed by atoms with Gasteiger partial charge in [-0.2, -0.15) is 5.10 Å². The Labute approximate surface area is 215 Å². The Morgan fingerprint density at radius 1 is 1.00 bits per heavy atom. The molecule has 2 heterocycles. The maximum absolute atomic E-state index is 13.5. The van der Waals surface area contributed by atoms with Crippen LogP contribution < -0.4 is 10.6 Å². The summed E-state index contributed by atoms with van der Waals surface area (Å²) in [5, 5.41) is 21.3. The van der Waals surface area contributed by atoms with Crippen molar-refractivity contribution in [1.29, 1.82) is 0 Å². The lowest BCUT2D eigenvalue weighted by atomic mass is 9.83. The van der Waals surface area contributed by atoms with Crippen LogP contribution in [-0.2, 0) is 4.79 Å². The fourth-order valence-corrected chi connectivity index (χ4v) is 5.15. The van der Waals surface area contributed by atoms with E-state index in [1.165, 1.54) is 10.9 Å². The van der Waals surface area contributed by atoms with Gasteiger partial charge >= 0.3 is 0 Å². The van der Waals surface area contributed by atoms with Crippen molar-refractivity contribution in [3.05, 3.63) is 77.9 Å². The van der Waals surface area contributed by atoms with Gasteiger partial charge in [0.05, 0.1) is 17.6 Å². The van der Waals surface area contributed by atoms with Crippen LogP contribution in [0.25, 0.3) is 16.8 Å². The number of benzene rings is 2. The molecule has 1 aliphatic rings. The lowest BCUT2D eigenvalue weighted by Crippen LogP contribution is -2.49. The minimum atomic E-state index is -0.662. The highest BCUT2D eigenvalue weighted by molar-refractivity contribution is 6.01. The molecule has 4 aromatic rings. The molecule has 0 spiro atoms. The van der Waals surface area contributed by atoms with E-state index in [-0.39, 0.29) is 23.4 Å². The molecule has 0 unspecified atom stereocenters. The second-order valence-electron chi connectivity index (χ2n) is 9.59. The van der Waals surface area contributed by atoms with E-state index in [0.29, 0.717) is 5.69 Å². The second-order valence-corrected chi connectivity index (χ2v) is 9.59. The Balaban J connectivity index is 1.34. The molecule has 1 atom stereocenters. The maximum Gasteiger partial charge on any atom is 0.272 e. The molecular formula is C28H31N7O2. The lowest BCUT2D eigenvalue weighted by molar-refractivity contribution is -0.119. The minimum absolute atomic E-state index is 0.0641. The molecule has 1 saturated carbocycles. The normalized spacial score (nSPS) is 14.8. The highest BCUT2D eigenvalue weighted by Crippen LogP contribution is 2.29. The summed E-state index contributed by atoms with van der Waals surface area (Å²) in [6, 6.07) is 16.4. The zero-order chi connectivity index (χ0) is 25.8. The first-order valence-corrected chi connectivity index (χ1v) is 12.7. The third-order valence-electron chi connectivity index (χ3n) is 7.04. The molecule has 0 saturated heterocycles. The summed E-state index contributed by atoms with van der Waals surface area (Å²) >= 11 is 0. The van der Waals surface area contributed by atoms with Crippen molar-refractivity contribution in [2.75, 3.05) is 5.32 Å². The zero-order valence-electron chi connectivity index (χ0n) is 21.1. The molecule has 1 fully saturated rings. The fraction of sp³-hybridized carbons (Fsp3) is 0.321. The van der Waals surface area contributed by atoms with E-state index in [0.717, 1.165) is 60.3 Å². The van der Waals surface area contributed by atoms with Crippen molar-refractivity contribution in [1.82, 2.24) is 30.5 Å². The van der Waals surface area contributed by atoms with Crippen molar-refractivity contribution >= 4 is 17.5 Å². The first kappa shape index (κ1) is 24.4. The Hall–Kier alpha value is -4.27. The van der Waals surface area contributed by atoms with Crippen molar-refractivity contribution in [2.45, 2.75) is 52.0 Å². The number of anilines is 1. The summed E-state index contributed by atoms with van der Waals surface area (Å²) in [4.78, 5) is 26.9. The number of para-hydroxylation sites is 1. The monoisotopic (exact) mass is 497 g/mol. The summed E-state index contributed by atoms with van der Waals surface area (Å²) in [6.45, 7) is 3.95. The number of amides is 2. The van der Waals surface area contributed by atoms with Gasteiger partial charge in [0.15, 0.2) is 5.69 Å². The van der Waals surface area contributed by atoms with E-state index in [2.05, 4.69) is 31.1 Å². The van der Waals surface area contributed by atoms with Gasteiger partial charge in [-0.3, -0.25) is 14.7 Å². The van der Waals surface area contributed by atoms with Gasteiger partial charge in [0.2, 0.25) is 5.91 Å². The van der Waals surface area contributed by atoms with Crippen LogP contribution in [0.3, 0.4) is 0 Å². The zero-order valence-corrected chi connectivity index (χ0v) is 21.1. The van der Waals surface area contributed by atoms with Crippen LogP contribution in [0.15, 0.2) is 60.8 Å². The lowest BCUT2D eigenvalue weighted by Gasteiger charge is -2.30. The van der Waals surface area contributed by atoms with Crippen molar-refractivity contribution in [2.24, 2.45) is 5.92 Å². The number of hydrogen-bond donors (Lipinski definition) is 3.